The van der Waals surface area contributed by atoms with Crippen molar-refractivity contribution in [2.75, 3.05) is 18.4 Å². The molecule has 1 saturated heterocycles. The third-order valence-electron chi connectivity index (χ3n) is 3.60. The fraction of sp³-hybridized carbons (Fsp3) is 0.500. The summed E-state index contributed by atoms with van der Waals surface area (Å²) in [6.07, 6.45) is -3.82. The van der Waals surface area contributed by atoms with E-state index in [0.29, 0.717) is 23.7 Å². The first kappa shape index (κ1) is 15.9. The molecule has 1 aromatic carbocycles. The van der Waals surface area contributed by atoms with E-state index in [9.17, 15) is 18.0 Å². The van der Waals surface area contributed by atoms with Crippen molar-refractivity contribution in [2.24, 2.45) is 5.92 Å². The summed E-state index contributed by atoms with van der Waals surface area (Å²) in [6.45, 7) is 1.82. The normalized spacial score (nSPS) is 19.5. The van der Waals surface area contributed by atoms with Gasteiger partial charge in [-0.2, -0.15) is 13.2 Å². The molecule has 1 heterocycles. The molecule has 1 aliphatic rings. The van der Waals surface area contributed by atoms with E-state index in [1.54, 1.807) is 25.1 Å². The van der Waals surface area contributed by atoms with Crippen LogP contribution in [0.4, 0.5) is 23.7 Å². The van der Waals surface area contributed by atoms with Crippen LogP contribution >= 0.6 is 11.6 Å². The number of benzene rings is 1. The number of halogens is 4. The highest BCUT2D eigenvalue weighted by Crippen LogP contribution is 2.33. The Kier molecular flexibility index (Phi) is 4.66. The third-order valence-corrected chi connectivity index (χ3v) is 3.84. The minimum atomic E-state index is -4.25. The predicted octanol–water partition coefficient (Wildman–Crippen LogP) is 4.45. The lowest BCUT2D eigenvalue weighted by atomic mass is 9.98. The number of amides is 2. The molecule has 0 aliphatic carbocycles. The quantitative estimate of drug-likeness (QED) is 0.814. The minimum Gasteiger partial charge on any atom is -0.324 e. The van der Waals surface area contributed by atoms with Crippen molar-refractivity contribution < 1.29 is 18.0 Å². The summed E-state index contributed by atoms with van der Waals surface area (Å²) in [7, 11) is 0. The lowest BCUT2D eigenvalue weighted by Crippen LogP contribution is -2.46. The molecule has 1 aliphatic heterocycles. The van der Waals surface area contributed by atoms with Crippen molar-refractivity contribution in [3.63, 3.8) is 0 Å². The summed E-state index contributed by atoms with van der Waals surface area (Å²) in [5.74, 6) is -1.44. The van der Waals surface area contributed by atoms with E-state index in [0.717, 1.165) is 5.56 Å². The second-order valence-corrected chi connectivity index (χ2v) is 5.65. The molecule has 1 atom stereocenters. The van der Waals surface area contributed by atoms with Crippen LogP contribution in [0, 0.1) is 12.8 Å². The zero-order chi connectivity index (χ0) is 15.6. The van der Waals surface area contributed by atoms with Crippen molar-refractivity contribution >= 4 is 23.3 Å². The molecule has 21 heavy (non-hydrogen) atoms. The van der Waals surface area contributed by atoms with Gasteiger partial charge in [0, 0.05) is 23.8 Å². The maximum Gasteiger partial charge on any atom is 0.393 e. The topological polar surface area (TPSA) is 32.3 Å². The predicted molar refractivity (Wildman–Crippen MR) is 75.6 cm³/mol. The molecular weight excluding hydrogens is 305 g/mol. The number of carbonyl (C=O) groups is 1. The third kappa shape index (κ3) is 4.03. The van der Waals surface area contributed by atoms with Gasteiger partial charge in [0.15, 0.2) is 0 Å². The van der Waals surface area contributed by atoms with Gasteiger partial charge in [0.2, 0.25) is 0 Å². The smallest absolute Gasteiger partial charge is 0.324 e. The van der Waals surface area contributed by atoms with Crippen LogP contribution in [0.2, 0.25) is 5.02 Å². The monoisotopic (exact) mass is 320 g/mol. The van der Waals surface area contributed by atoms with Crippen molar-refractivity contribution in [1.29, 1.82) is 0 Å². The Bertz CT molecular complexity index is 533. The number of hydrogen-bond acceptors (Lipinski definition) is 1. The van der Waals surface area contributed by atoms with Gasteiger partial charge in [0.25, 0.3) is 0 Å². The molecule has 3 nitrogen and oxygen atoms in total. The number of likely N-dealkylation sites (tertiary alicyclic amines) is 1. The highest BCUT2D eigenvalue weighted by Gasteiger charge is 2.42. The van der Waals surface area contributed by atoms with Crippen LogP contribution in [0.25, 0.3) is 0 Å². The number of alkyl halides is 3. The molecule has 2 rings (SSSR count). The second kappa shape index (κ2) is 6.13. The second-order valence-electron chi connectivity index (χ2n) is 5.22. The van der Waals surface area contributed by atoms with Crippen LogP contribution in [0.1, 0.15) is 18.4 Å². The number of piperidine rings is 1. The lowest BCUT2D eigenvalue weighted by molar-refractivity contribution is -0.183. The molecule has 2 amide bonds. The number of aryl methyl sites for hydroxylation is 1. The Balaban J connectivity index is 2.03. The fourth-order valence-corrected chi connectivity index (χ4v) is 2.62. The summed E-state index contributed by atoms with van der Waals surface area (Å²) in [4.78, 5) is 13.3. The first-order chi connectivity index (χ1) is 9.77. The minimum absolute atomic E-state index is 0.0766. The Morgan fingerprint density at radius 3 is 2.76 bits per heavy atom. The van der Waals surface area contributed by atoms with Gasteiger partial charge in [-0.1, -0.05) is 11.6 Å². The molecule has 0 spiro atoms. The van der Waals surface area contributed by atoms with Gasteiger partial charge in [0.1, 0.15) is 0 Å². The van der Waals surface area contributed by atoms with E-state index >= 15 is 0 Å². The molecule has 0 radical (unpaired) electrons. The van der Waals surface area contributed by atoms with Crippen LogP contribution in [0.15, 0.2) is 18.2 Å². The molecule has 0 unspecified atom stereocenters. The van der Waals surface area contributed by atoms with Gasteiger partial charge in [-0.05, 0) is 43.5 Å². The van der Waals surface area contributed by atoms with Gasteiger partial charge >= 0.3 is 12.2 Å². The standard InChI is InChI=1S/C14H16ClF3N2O/c1-9-7-11(15)4-5-12(9)19-13(21)20-6-2-3-10(8-20)14(16,17)18/h4-5,7,10H,2-3,6,8H2,1H3,(H,19,21)/t10-/m0/s1. The van der Waals surface area contributed by atoms with Gasteiger partial charge in [-0.15, -0.1) is 0 Å². The maximum atomic E-state index is 12.7. The summed E-state index contributed by atoms with van der Waals surface area (Å²) >= 11 is 5.82. The van der Waals surface area contributed by atoms with Gasteiger partial charge in [0.05, 0.1) is 5.92 Å². The number of carbonyl (C=O) groups excluding carboxylic acids is 1. The van der Waals surface area contributed by atoms with E-state index in [1.807, 2.05) is 0 Å². The van der Waals surface area contributed by atoms with Crippen molar-refractivity contribution in [3.05, 3.63) is 28.8 Å². The molecule has 0 saturated carbocycles. The molecule has 116 valence electrons. The van der Waals surface area contributed by atoms with Crippen LogP contribution in [0.5, 0.6) is 0 Å². The van der Waals surface area contributed by atoms with E-state index < -0.39 is 18.1 Å². The molecule has 7 heteroatoms. The van der Waals surface area contributed by atoms with Crippen molar-refractivity contribution in [1.82, 2.24) is 4.90 Å². The van der Waals surface area contributed by atoms with Crippen LogP contribution in [-0.4, -0.2) is 30.2 Å². The SMILES string of the molecule is Cc1cc(Cl)ccc1NC(=O)N1CCC[C@H](C(F)(F)F)C1. The Morgan fingerprint density at radius 2 is 2.14 bits per heavy atom. The van der Waals surface area contributed by atoms with E-state index in [2.05, 4.69) is 5.32 Å². The number of nitrogens with one attached hydrogen (secondary N) is 1. The highest BCUT2D eigenvalue weighted by atomic mass is 35.5. The van der Waals surface area contributed by atoms with Gasteiger partial charge in [-0.25, -0.2) is 4.79 Å². The Labute approximate surface area is 126 Å². The summed E-state index contributed by atoms with van der Waals surface area (Å²) in [6, 6.07) is 4.44. The lowest BCUT2D eigenvalue weighted by Gasteiger charge is -2.33. The number of hydrogen-bond donors (Lipinski definition) is 1. The van der Waals surface area contributed by atoms with Crippen LogP contribution in [0.3, 0.4) is 0 Å². The first-order valence-corrected chi connectivity index (χ1v) is 7.04. The highest BCUT2D eigenvalue weighted by molar-refractivity contribution is 6.30. The summed E-state index contributed by atoms with van der Waals surface area (Å²) < 4.78 is 38.2. The average Bonchev–Trinajstić information content (AvgIpc) is 2.41. The Morgan fingerprint density at radius 1 is 1.43 bits per heavy atom. The molecule has 1 aromatic rings. The number of urea groups is 1. The summed E-state index contributed by atoms with van der Waals surface area (Å²) in [5, 5.41) is 3.18. The zero-order valence-corrected chi connectivity index (χ0v) is 12.3. The van der Waals surface area contributed by atoms with Crippen LogP contribution < -0.4 is 5.32 Å². The fourth-order valence-electron chi connectivity index (χ4n) is 2.39. The number of rotatable bonds is 1. The first-order valence-electron chi connectivity index (χ1n) is 6.66. The Hall–Kier alpha value is -1.43. The van der Waals surface area contributed by atoms with Crippen molar-refractivity contribution in [3.8, 4) is 0 Å². The number of anilines is 1. The molecule has 1 N–H and O–H groups in total. The van der Waals surface area contributed by atoms with E-state index in [4.69, 9.17) is 11.6 Å². The van der Waals surface area contributed by atoms with Gasteiger partial charge < -0.3 is 10.2 Å². The largest absolute Gasteiger partial charge is 0.393 e. The van der Waals surface area contributed by atoms with E-state index in [1.165, 1.54) is 4.90 Å². The molecular formula is C14H16ClF3N2O. The molecule has 0 aromatic heterocycles. The maximum absolute atomic E-state index is 12.7. The van der Waals surface area contributed by atoms with E-state index in [-0.39, 0.29) is 13.0 Å². The zero-order valence-electron chi connectivity index (χ0n) is 11.5. The molecule has 1 fully saturated rings. The number of nitrogens with zero attached hydrogens (tertiary/aromatic N) is 1. The van der Waals surface area contributed by atoms with Crippen molar-refractivity contribution in [2.45, 2.75) is 25.9 Å². The average molecular weight is 321 g/mol. The molecule has 0 bridgehead atoms. The van der Waals surface area contributed by atoms with Crippen LogP contribution in [-0.2, 0) is 0 Å². The van der Waals surface area contributed by atoms with Gasteiger partial charge in [-0.3, -0.25) is 0 Å². The summed E-state index contributed by atoms with van der Waals surface area (Å²) in [5.41, 5.74) is 1.32.